The summed E-state index contributed by atoms with van der Waals surface area (Å²) >= 11 is 3.36. The molecule has 5 heteroatoms. The van der Waals surface area contributed by atoms with Crippen molar-refractivity contribution in [2.24, 2.45) is 0 Å². The molecule has 0 aliphatic carbocycles. The number of rotatable bonds is 4. The van der Waals surface area contributed by atoms with Gasteiger partial charge >= 0.3 is 0 Å². The number of aliphatic hydroxyl groups excluding tert-OH is 1. The molecular weight excluding hydrogens is 327 g/mol. The molecule has 2 aromatic carbocycles. The number of hydrogen-bond donors (Lipinski definition) is 1. The maximum atomic E-state index is 13.8. The Balaban J connectivity index is 2.38. The molecule has 0 saturated heterocycles. The molecule has 2 aromatic rings. The van der Waals surface area contributed by atoms with Crippen LogP contribution in [0.1, 0.15) is 18.6 Å². The highest BCUT2D eigenvalue weighted by Crippen LogP contribution is 2.36. The van der Waals surface area contributed by atoms with Crippen LogP contribution in [0.4, 0.5) is 4.39 Å². The summed E-state index contributed by atoms with van der Waals surface area (Å²) < 4.78 is 25.2. The van der Waals surface area contributed by atoms with E-state index >= 15 is 0 Å². The van der Waals surface area contributed by atoms with Gasteiger partial charge in [-0.2, -0.15) is 0 Å². The van der Waals surface area contributed by atoms with Gasteiger partial charge in [0, 0.05) is 0 Å². The Labute approximate surface area is 125 Å². The van der Waals surface area contributed by atoms with Gasteiger partial charge in [-0.25, -0.2) is 4.39 Å². The number of benzene rings is 2. The molecule has 0 aliphatic rings. The van der Waals surface area contributed by atoms with Crippen molar-refractivity contribution in [2.45, 2.75) is 13.0 Å². The molecule has 0 spiro atoms. The zero-order valence-corrected chi connectivity index (χ0v) is 12.6. The van der Waals surface area contributed by atoms with Crippen LogP contribution in [-0.2, 0) is 0 Å². The minimum Gasteiger partial charge on any atom is -0.497 e. The summed E-state index contributed by atoms with van der Waals surface area (Å²) in [5, 5.41) is 9.66. The molecule has 0 radical (unpaired) electrons. The van der Waals surface area contributed by atoms with Crippen LogP contribution in [0.25, 0.3) is 0 Å². The molecule has 0 fully saturated rings. The summed E-state index contributed by atoms with van der Waals surface area (Å²) in [6, 6.07) is 9.63. The maximum Gasteiger partial charge on any atom is 0.141 e. The molecule has 106 valence electrons. The van der Waals surface area contributed by atoms with Crippen LogP contribution in [0.5, 0.6) is 17.2 Å². The highest BCUT2D eigenvalue weighted by atomic mass is 79.9. The van der Waals surface area contributed by atoms with E-state index in [1.165, 1.54) is 19.1 Å². The van der Waals surface area contributed by atoms with E-state index in [9.17, 15) is 9.50 Å². The van der Waals surface area contributed by atoms with Crippen LogP contribution < -0.4 is 9.47 Å². The summed E-state index contributed by atoms with van der Waals surface area (Å²) in [6.45, 7) is 1.49. The zero-order valence-electron chi connectivity index (χ0n) is 11.1. The molecule has 0 aliphatic heterocycles. The van der Waals surface area contributed by atoms with Crippen molar-refractivity contribution in [3.05, 3.63) is 52.3 Å². The first-order chi connectivity index (χ1) is 9.52. The maximum absolute atomic E-state index is 13.8. The van der Waals surface area contributed by atoms with E-state index < -0.39 is 11.9 Å². The number of hydrogen-bond acceptors (Lipinski definition) is 3. The Morgan fingerprint density at radius 2 is 1.95 bits per heavy atom. The first-order valence-corrected chi connectivity index (χ1v) is 6.80. The van der Waals surface area contributed by atoms with E-state index in [-0.39, 0.29) is 11.3 Å². The minimum atomic E-state index is -0.955. The van der Waals surface area contributed by atoms with E-state index in [0.717, 1.165) is 0 Å². The first-order valence-electron chi connectivity index (χ1n) is 6.00. The molecule has 20 heavy (non-hydrogen) atoms. The number of methoxy groups -OCH3 is 1. The van der Waals surface area contributed by atoms with Crippen LogP contribution in [-0.4, -0.2) is 12.2 Å². The van der Waals surface area contributed by atoms with Crippen molar-refractivity contribution in [3.63, 3.8) is 0 Å². The van der Waals surface area contributed by atoms with Gasteiger partial charge in [0.25, 0.3) is 0 Å². The second-order valence-electron chi connectivity index (χ2n) is 4.23. The minimum absolute atomic E-state index is 0.134. The van der Waals surface area contributed by atoms with Crippen molar-refractivity contribution in [3.8, 4) is 17.2 Å². The van der Waals surface area contributed by atoms with E-state index in [2.05, 4.69) is 15.9 Å². The SMILES string of the molecule is COc1ccc(Oc2cccc(F)c2C(C)O)c(Br)c1. The lowest BCUT2D eigenvalue weighted by Gasteiger charge is -2.15. The van der Waals surface area contributed by atoms with Crippen LogP contribution in [0.15, 0.2) is 40.9 Å². The zero-order chi connectivity index (χ0) is 14.7. The molecule has 0 saturated carbocycles. The fourth-order valence-electron chi connectivity index (χ4n) is 1.82. The van der Waals surface area contributed by atoms with Crippen LogP contribution in [0, 0.1) is 5.82 Å². The van der Waals surface area contributed by atoms with Gasteiger partial charge in [0.2, 0.25) is 0 Å². The Morgan fingerprint density at radius 1 is 1.20 bits per heavy atom. The Bertz CT molecular complexity index is 614. The van der Waals surface area contributed by atoms with Gasteiger partial charge in [-0.15, -0.1) is 0 Å². The molecule has 1 unspecified atom stereocenters. The topological polar surface area (TPSA) is 38.7 Å². The molecule has 0 bridgehead atoms. The third kappa shape index (κ3) is 3.11. The highest BCUT2D eigenvalue weighted by Gasteiger charge is 2.16. The highest BCUT2D eigenvalue weighted by molar-refractivity contribution is 9.10. The number of aliphatic hydroxyl groups is 1. The van der Waals surface area contributed by atoms with E-state index in [1.807, 2.05) is 0 Å². The third-order valence-electron chi connectivity index (χ3n) is 2.79. The summed E-state index contributed by atoms with van der Waals surface area (Å²) in [4.78, 5) is 0. The second kappa shape index (κ2) is 6.24. The predicted octanol–water partition coefficient (Wildman–Crippen LogP) is 4.44. The molecule has 0 heterocycles. The van der Waals surface area contributed by atoms with Gasteiger partial charge in [-0.3, -0.25) is 0 Å². The van der Waals surface area contributed by atoms with Crippen molar-refractivity contribution in [1.82, 2.24) is 0 Å². The van der Waals surface area contributed by atoms with E-state index in [1.54, 1.807) is 31.4 Å². The lowest BCUT2D eigenvalue weighted by atomic mass is 10.1. The van der Waals surface area contributed by atoms with Crippen molar-refractivity contribution in [1.29, 1.82) is 0 Å². The third-order valence-corrected chi connectivity index (χ3v) is 3.41. The van der Waals surface area contributed by atoms with Gasteiger partial charge in [0.15, 0.2) is 0 Å². The Kier molecular flexibility index (Phi) is 4.62. The monoisotopic (exact) mass is 340 g/mol. The van der Waals surface area contributed by atoms with Gasteiger partial charge < -0.3 is 14.6 Å². The van der Waals surface area contributed by atoms with Gasteiger partial charge in [0.1, 0.15) is 23.1 Å². The molecule has 3 nitrogen and oxygen atoms in total. The van der Waals surface area contributed by atoms with Crippen molar-refractivity contribution < 1.29 is 19.0 Å². The average molecular weight is 341 g/mol. The Morgan fingerprint density at radius 3 is 2.55 bits per heavy atom. The van der Waals surface area contributed by atoms with Crippen LogP contribution >= 0.6 is 15.9 Å². The summed E-state index contributed by atoms with van der Waals surface area (Å²) in [5.41, 5.74) is 0.134. The molecule has 0 amide bonds. The predicted molar refractivity (Wildman–Crippen MR) is 77.8 cm³/mol. The van der Waals surface area contributed by atoms with Crippen LogP contribution in [0.3, 0.4) is 0 Å². The van der Waals surface area contributed by atoms with E-state index in [4.69, 9.17) is 9.47 Å². The normalized spacial score (nSPS) is 12.1. The molecule has 1 atom stereocenters. The number of ether oxygens (including phenoxy) is 2. The standard InChI is InChI=1S/C15H14BrFO3/c1-9(18)15-12(17)4-3-5-14(15)20-13-7-6-10(19-2)8-11(13)16/h3-9,18H,1-2H3. The van der Waals surface area contributed by atoms with Crippen molar-refractivity contribution >= 4 is 15.9 Å². The largest absolute Gasteiger partial charge is 0.497 e. The number of halogens is 2. The van der Waals surface area contributed by atoms with Crippen LogP contribution in [0.2, 0.25) is 0 Å². The quantitative estimate of drug-likeness (QED) is 0.893. The first kappa shape index (κ1) is 14.8. The van der Waals surface area contributed by atoms with E-state index in [0.29, 0.717) is 16.0 Å². The fourth-order valence-corrected chi connectivity index (χ4v) is 2.26. The molecule has 0 aromatic heterocycles. The average Bonchev–Trinajstić information content (AvgIpc) is 2.40. The van der Waals surface area contributed by atoms with Crippen molar-refractivity contribution in [2.75, 3.05) is 7.11 Å². The lowest BCUT2D eigenvalue weighted by molar-refractivity contribution is 0.190. The van der Waals surface area contributed by atoms with Gasteiger partial charge in [0.05, 0.1) is 23.2 Å². The van der Waals surface area contributed by atoms with Gasteiger partial charge in [-0.05, 0) is 53.2 Å². The Hall–Kier alpha value is -1.59. The van der Waals surface area contributed by atoms with Gasteiger partial charge in [-0.1, -0.05) is 6.07 Å². The smallest absolute Gasteiger partial charge is 0.141 e. The summed E-state index contributed by atoms with van der Waals surface area (Å²) in [6.07, 6.45) is -0.955. The lowest BCUT2D eigenvalue weighted by Crippen LogP contribution is -2.00. The molecular formula is C15H14BrFO3. The molecule has 1 N–H and O–H groups in total. The summed E-state index contributed by atoms with van der Waals surface area (Å²) in [5.74, 6) is 0.977. The summed E-state index contributed by atoms with van der Waals surface area (Å²) in [7, 11) is 1.57. The fraction of sp³-hybridized carbons (Fsp3) is 0.200. The second-order valence-corrected chi connectivity index (χ2v) is 5.08. The molecule has 2 rings (SSSR count).